The van der Waals surface area contributed by atoms with Gasteiger partial charge in [0.2, 0.25) is 5.95 Å². The molecule has 7 heteroatoms. The predicted octanol–water partition coefficient (Wildman–Crippen LogP) is 2.63. The molecule has 2 aliphatic rings. The standard InChI is InChI=1S/C24H25N7/c1-2-4-17(5-3-1)13-25-14-19-10-18(6-7-26-19)22-12-23-27-8-9-30(23)24(29-22)31-16-20-11-21(31)15-28-20/h1-10,12,20-21,25,28H,11,13-16H2/t20-,21-/m0/s1. The van der Waals surface area contributed by atoms with Gasteiger partial charge in [-0.25, -0.2) is 9.97 Å². The second kappa shape index (κ2) is 7.76. The van der Waals surface area contributed by atoms with Crippen LogP contribution in [0.5, 0.6) is 0 Å². The first-order valence-electron chi connectivity index (χ1n) is 10.9. The SMILES string of the molecule is c1ccc(CNCc2cc(-c3cc4nccn4c(N4C[C@@H]5C[C@H]4CN5)n3)ccn2)cc1. The zero-order valence-electron chi connectivity index (χ0n) is 17.3. The normalized spacial score (nSPS) is 20.1. The first-order chi connectivity index (χ1) is 15.3. The van der Waals surface area contributed by atoms with Crippen molar-refractivity contribution in [1.29, 1.82) is 0 Å². The largest absolute Gasteiger partial charge is 0.336 e. The van der Waals surface area contributed by atoms with Gasteiger partial charge in [-0.15, -0.1) is 0 Å². The van der Waals surface area contributed by atoms with Gasteiger partial charge in [0.05, 0.1) is 11.4 Å². The highest BCUT2D eigenvalue weighted by atomic mass is 15.4. The van der Waals surface area contributed by atoms with Crippen molar-refractivity contribution >= 4 is 11.6 Å². The van der Waals surface area contributed by atoms with Crippen LogP contribution >= 0.6 is 0 Å². The Morgan fingerprint density at radius 2 is 1.97 bits per heavy atom. The molecule has 0 radical (unpaired) electrons. The number of rotatable bonds is 6. The van der Waals surface area contributed by atoms with Gasteiger partial charge in [0.15, 0.2) is 0 Å². The Morgan fingerprint density at radius 1 is 1.03 bits per heavy atom. The minimum absolute atomic E-state index is 0.508. The Kier molecular flexibility index (Phi) is 4.62. The third-order valence-electron chi connectivity index (χ3n) is 6.27. The maximum absolute atomic E-state index is 5.09. The van der Waals surface area contributed by atoms with Crippen LogP contribution in [0.15, 0.2) is 67.1 Å². The summed E-state index contributed by atoms with van der Waals surface area (Å²) >= 11 is 0. The van der Waals surface area contributed by atoms with E-state index < -0.39 is 0 Å². The Bertz CT molecular complexity index is 1200. The molecule has 2 atom stereocenters. The molecule has 0 unspecified atom stereocenters. The molecule has 2 fully saturated rings. The van der Waals surface area contributed by atoms with E-state index in [1.54, 1.807) is 0 Å². The minimum atomic E-state index is 0.508. The molecule has 4 aromatic rings. The summed E-state index contributed by atoms with van der Waals surface area (Å²) in [5.41, 5.74) is 5.21. The molecular formula is C24H25N7. The van der Waals surface area contributed by atoms with Crippen LogP contribution in [0.4, 0.5) is 5.95 Å². The summed E-state index contributed by atoms with van der Waals surface area (Å²) in [6, 6.07) is 17.7. The summed E-state index contributed by atoms with van der Waals surface area (Å²) in [5.74, 6) is 0.986. The van der Waals surface area contributed by atoms with E-state index in [1.807, 2.05) is 30.7 Å². The fourth-order valence-corrected chi connectivity index (χ4v) is 4.73. The second-order valence-electron chi connectivity index (χ2n) is 8.37. The molecule has 6 rings (SSSR count). The van der Waals surface area contributed by atoms with Crippen LogP contribution in [0.3, 0.4) is 0 Å². The zero-order chi connectivity index (χ0) is 20.6. The van der Waals surface area contributed by atoms with Crippen molar-refractivity contribution in [3.63, 3.8) is 0 Å². The number of hydrogen-bond donors (Lipinski definition) is 2. The van der Waals surface area contributed by atoms with Crippen molar-refractivity contribution in [2.24, 2.45) is 0 Å². The van der Waals surface area contributed by atoms with Gasteiger partial charge in [0, 0.05) is 68.5 Å². The Morgan fingerprint density at radius 3 is 2.81 bits per heavy atom. The maximum atomic E-state index is 5.09. The molecule has 2 aliphatic heterocycles. The van der Waals surface area contributed by atoms with Crippen molar-refractivity contribution in [3.05, 3.63) is 78.4 Å². The molecule has 156 valence electrons. The lowest BCUT2D eigenvalue weighted by molar-refractivity contribution is 0.570. The third-order valence-corrected chi connectivity index (χ3v) is 6.27. The highest BCUT2D eigenvalue weighted by Gasteiger charge is 2.39. The van der Waals surface area contributed by atoms with Gasteiger partial charge in [-0.1, -0.05) is 30.3 Å². The molecular weight excluding hydrogens is 386 g/mol. The highest BCUT2D eigenvalue weighted by molar-refractivity contribution is 5.66. The van der Waals surface area contributed by atoms with Crippen molar-refractivity contribution in [2.75, 3.05) is 18.0 Å². The fourth-order valence-electron chi connectivity index (χ4n) is 4.73. The number of fused-ring (bicyclic) bond motifs is 3. The Labute approximate surface area is 181 Å². The molecule has 7 nitrogen and oxygen atoms in total. The monoisotopic (exact) mass is 411 g/mol. The number of nitrogens with one attached hydrogen (secondary N) is 2. The van der Waals surface area contributed by atoms with E-state index in [2.05, 4.69) is 66.3 Å². The lowest BCUT2D eigenvalue weighted by Crippen LogP contribution is -2.44. The van der Waals surface area contributed by atoms with Crippen molar-refractivity contribution < 1.29 is 0 Å². The quantitative estimate of drug-likeness (QED) is 0.508. The van der Waals surface area contributed by atoms with Crippen molar-refractivity contribution in [3.8, 4) is 11.3 Å². The first kappa shape index (κ1) is 18.5. The van der Waals surface area contributed by atoms with Crippen LogP contribution in [0.1, 0.15) is 17.7 Å². The number of benzene rings is 1. The number of piperazine rings is 1. The van der Waals surface area contributed by atoms with Crippen LogP contribution in [0.2, 0.25) is 0 Å². The van der Waals surface area contributed by atoms with Crippen molar-refractivity contribution in [2.45, 2.75) is 31.6 Å². The first-order valence-corrected chi connectivity index (χ1v) is 10.9. The van der Waals surface area contributed by atoms with Gasteiger partial charge in [-0.2, -0.15) is 0 Å². The molecule has 2 bridgehead atoms. The van der Waals surface area contributed by atoms with Crippen LogP contribution in [-0.4, -0.2) is 44.5 Å². The summed E-state index contributed by atoms with van der Waals surface area (Å²) < 4.78 is 2.10. The lowest BCUT2D eigenvalue weighted by Gasteiger charge is -2.29. The van der Waals surface area contributed by atoms with Gasteiger partial charge < -0.3 is 15.5 Å². The van der Waals surface area contributed by atoms with E-state index >= 15 is 0 Å². The van der Waals surface area contributed by atoms with Gasteiger partial charge >= 0.3 is 0 Å². The number of imidazole rings is 1. The average molecular weight is 412 g/mol. The number of anilines is 1. The molecule has 31 heavy (non-hydrogen) atoms. The topological polar surface area (TPSA) is 70.4 Å². The van der Waals surface area contributed by atoms with E-state index in [1.165, 1.54) is 12.0 Å². The van der Waals surface area contributed by atoms with Crippen LogP contribution in [0, 0.1) is 0 Å². The summed E-state index contributed by atoms with van der Waals surface area (Å²) in [7, 11) is 0. The molecule has 3 aromatic heterocycles. The van der Waals surface area contributed by atoms with E-state index in [4.69, 9.17) is 4.98 Å². The van der Waals surface area contributed by atoms with E-state index in [0.29, 0.717) is 18.6 Å². The average Bonchev–Trinajstić information content (AvgIpc) is 3.56. The molecule has 0 aliphatic carbocycles. The zero-order valence-corrected chi connectivity index (χ0v) is 17.3. The molecule has 2 N–H and O–H groups in total. The van der Waals surface area contributed by atoms with Crippen molar-refractivity contribution in [1.82, 2.24) is 30.0 Å². The number of hydrogen-bond acceptors (Lipinski definition) is 6. The Hall–Kier alpha value is -3.29. The van der Waals surface area contributed by atoms with Gasteiger partial charge in [-0.05, 0) is 24.1 Å². The fraction of sp³-hybridized carbons (Fsp3) is 0.292. The summed E-state index contributed by atoms with van der Waals surface area (Å²) in [4.78, 5) is 16.6. The van der Waals surface area contributed by atoms with Crippen LogP contribution in [-0.2, 0) is 13.1 Å². The lowest BCUT2D eigenvalue weighted by atomic mass is 10.1. The van der Waals surface area contributed by atoms with Gasteiger partial charge in [-0.3, -0.25) is 9.38 Å². The van der Waals surface area contributed by atoms with E-state index in [-0.39, 0.29) is 0 Å². The van der Waals surface area contributed by atoms with Gasteiger partial charge in [0.25, 0.3) is 0 Å². The molecule has 2 saturated heterocycles. The summed E-state index contributed by atoms with van der Waals surface area (Å²) in [6.45, 7) is 3.56. The summed E-state index contributed by atoms with van der Waals surface area (Å²) in [6.07, 6.45) is 6.91. The van der Waals surface area contributed by atoms with Gasteiger partial charge in [0.1, 0.15) is 5.65 Å². The Balaban J connectivity index is 1.27. The van der Waals surface area contributed by atoms with Crippen LogP contribution in [0.25, 0.3) is 16.9 Å². The molecule has 0 spiro atoms. The summed E-state index contributed by atoms with van der Waals surface area (Å²) in [5, 5.41) is 7.06. The third kappa shape index (κ3) is 3.56. The second-order valence-corrected chi connectivity index (χ2v) is 8.37. The maximum Gasteiger partial charge on any atom is 0.212 e. The molecule has 1 aromatic carbocycles. The van der Waals surface area contributed by atoms with Crippen LogP contribution < -0.4 is 15.5 Å². The predicted molar refractivity (Wildman–Crippen MR) is 121 cm³/mol. The number of aromatic nitrogens is 4. The molecule has 0 saturated carbocycles. The molecule has 0 amide bonds. The van der Waals surface area contributed by atoms with E-state index in [0.717, 1.165) is 48.2 Å². The number of nitrogens with zero attached hydrogens (tertiary/aromatic N) is 5. The van der Waals surface area contributed by atoms with E-state index in [9.17, 15) is 0 Å². The highest BCUT2D eigenvalue weighted by Crippen LogP contribution is 2.30. The smallest absolute Gasteiger partial charge is 0.212 e. The molecule has 5 heterocycles. The number of pyridine rings is 1. The minimum Gasteiger partial charge on any atom is -0.336 e.